The zero-order valence-corrected chi connectivity index (χ0v) is 33.3. The molecule has 0 N–H and O–H groups in total. The Bertz CT molecular complexity index is 3000. The Morgan fingerprint density at radius 1 is 0.482 bits per heavy atom. The molecule has 0 atom stereocenters. The quantitative estimate of drug-likeness (QED) is 0.160. The van der Waals surface area contributed by atoms with Gasteiger partial charge in [0.15, 0.2) is 17.5 Å². The van der Waals surface area contributed by atoms with Crippen LogP contribution in [0.4, 0.5) is 0 Å². The van der Waals surface area contributed by atoms with E-state index < -0.39 is 8.07 Å². The zero-order chi connectivity index (χ0) is 39.1. The lowest BCUT2D eigenvalue weighted by Crippen LogP contribution is -2.38. The Hall–Kier alpha value is -6.43. The molecule has 0 amide bonds. The third-order valence-corrected chi connectivity index (χ3v) is 13.6. The van der Waals surface area contributed by atoms with Gasteiger partial charge < -0.3 is 4.57 Å². The van der Waals surface area contributed by atoms with Crippen LogP contribution in [0, 0.1) is 0 Å². The van der Waals surface area contributed by atoms with Crippen LogP contribution < -0.4 is 5.19 Å². The smallest absolute Gasteiger partial charge is 0.164 e. The number of benzene rings is 7. The Kier molecular flexibility index (Phi) is 7.55. The summed E-state index contributed by atoms with van der Waals surface area (Å²) in [5.74, 6) is 1.70. The summed E-state index contributed by atoms with van der Waals surface area (Å²) in [5, 5.41) is 3.91. The predicted molar refractivity (Wildman–Crippen MR) is 236 cm³/mol. The molecule has 56 heavy (non-hydrogen) atoms. The maximum atomic E-state index is 9.00. The standard InChI is InChI=1S/C51H42N4Si/c1-51(2)44-31-35(25-27-40(44)41-28-26-39(32-45(41)51)56(3,4)5)34-17-13-18-36(29-34)49-52-48(33-15-7-6-8-16-33)53-50(54-49)37-19-14-20-38(30-37)55-46-23-11-9-21-42(46)43-22-10-12-24-47(43)55/h6-32H,1-5H3/i13D. The first-order chi connectivity index (χ1) is 27.5. The van der Waals surface area contributed by atoms with Crippen molar-refractivity contribution < 1.29 is 1.37 Å². The number of fused-ring (bicyclic) bond motifs is 6. The van der Waals surface area contributed by atoms with E-state index >= 15 is 0 Å². The van der Waals surface area contributed by atoms with E-state index in [0.717, 1.165) is 44.5 Å². The van der Waals surface area contributed by atoms with Crippen molar-refractivity contribution in [2.24, 2.45) is 0 Å². The first-order valence-electron chi connectivity index (χ1n) is 19.9. The normalized spacial score (nSPS) is 13.5. The maximum absolute atomic E-state index is 9.00. The van der Waals surface area contributed by atoms with E-state index in [1.165, 1.54) is 38.2 Å². The fourth-order valence-electron chi connectivity index (χ4n) is 8.49. The van der Waals surface area contributed by atoms with Crippen molar-refractivity contribution in [1.29, 1.82) is 0 Å². The minimum absolute atomic E-state index is 0.140. The summed E-state index contributed by atoms with van der Waals surface area (Å²) >= 11 is 0. The van der Waals surface area contributed by atoms with Gasteiger partial charge >= 0.3 is 0 Å². The van der Waals surface area contributed by atoms with E-state index in [4.69, 9.17) is 16.3 Å². The number of aromatic nitrogens is 4. The average molecular weight is 740 g/mol. The molecule has 0 saturated carbocycles. The van der Waals surface area contributed by atoms with Crippen molar-refractivity contribution in [3.05, 3.63) is 175 Å². The minimum atomic E-state index is -1.48. The molecule has 0 saturated heterocycles. The van der Waals surface area contributed by atoms with E-state index in [1.807, 2.05) is 42.5 Å². The van der Waals surface area contributed by atoms with Crippen LogP contribution in [-0.2, 0) is 5.41 Å². The summed E-state index contributed by atoms with van der Waals surface area (Å²) in [4.78, 5) is 15.3. The van der Waals surface area contributed by atoms with Gasteiger partial charge in [-0.2, -0.15) is 0 Å². The highest BCUT2D eigenvalue weighted by atomic mass is 28.3. The van der Waals surface area contributed by atoms with Gasteiger partial charge in [0.1, 0.15) is 0 Å². The molecule has 9 aromatic rings. The molecule has 0 spiro atoms. The van der Waals surface area contributed by atoms with Crippen molar-refractivity contribution >= 4 is 35.1 Å². The van der Waals surface area contributed by atoms with Crippen molar-refractivity contribution in [3.63, 3.8) is 0 Å². The topological polar surface area (TPSA) is 43.6 Å². The van der Waals surface area contributed by atoms with Gasteiger partial charge in [0.25, 0.3) is 0 Å². The lowest BCUT2D eigenvalue weighted by molar-refractivity contribution is 0.661. The molecule has 2 heterocycles. The Labute approximate surface area is 330 Å². The van der Waals surface area contributed by atoms with Crippen LogP contribution in [0.2, 0.25) is 19.6 Å². The molecule has 0 radical (unpaired) electrons. The number of nitrogens with zero attached hydrogens (tertiary/aromatic N) is 4. The van der Waals surface area contributed by atoms with Crippen molar-refractivity contribution in [1.82, 2.24) is 19.5 Å². The molecular formula is C51H42N4Si. The molecule has 7 aromatic carbocycles. The van der Waals surface area contributed by atoms with Crippen LogP contribution in [0.3, 0.4) is 0 Å². The van der Waals surface area contributed by atoms with Gasteiger partial charge in [0, 0.05) is 38.6 Å². The number of hydrogen-bond acceptors (Lipinski definition) is 3. The number of para-hydroxylation sites is 2. The summed E-state index contributed by atoms with van der Waals surface area (Å²) < 4.78 is 11.3. The fourth-order valence-corrected chi connectivity index (χ4v) is 9.65. The molecular weight excluding hydrogens is 697 g/mol. The summed E-state index contributed by atoms with van der Waals surface area (Å²) in [6.07, 6.45) is 0. The predicted octanol–water partition coefficient (Wildman–Crippen LogP) is 12.5. The molecule has 2 aromatic heterocycles. The van der Waals surface area contributed by atoms with Crippen LogP contribution in [0.5, 0.6) is 0 Å². The molecule has 4 nitrogen and oxygen atoms in total. The number of hydrogen-bond donors (Lipinski definition) is 0. The highest BCUT2D eigenvalue weighted by Gasteiger charge is 2.36. The second kappa shape index (κ2) is 12.8. The summed E-state index contributed by atoms with van der Waals surface area (Å²) in [5.41, 5.74) is 13.1. The van der Waals surface area contributed by atoms with Gasteiger partial charge in [-0.25, -0.2) is 15.0 Å². The maximum Gasteiger partial charge on any atom is 0.164 e. The molecule has 0 bridgehead atoms. The van der Waals surface area contributed by atoms with Crippen LogP contribution >= 0.6 is 0 Å². The molecule has 0 aliphatic heterocycles. The SMILES string of the molecule is [2H]c1cc(-c2ccc3c(c2)C(C)(C)c2cc([Si](C)(C)C)ccc2-3)cc(-c2nc(-c3ccccc3)nc(-c3cccc(-n4c5ccccc5c5ccccc54)c3)n2)c1. The van der Waals surface area contributed by atoms with Gasteiger partial charge in [0.2, 0.25) is 0 Å². The average Bonchev–Trinajstić information content (AvgIpc) is 3.68. The largest absolute Gasteiger partial charge is 0.309 e. The van der Waals surface area contributed by atoms with Gasteiger partial charge in [-0.15, -0.1) is 0 Å². The van der Waals surface area contributed by atoms with Crippen LogP contribution in [-0.4, -0.2) is 27.6 Å². The monoisotopic (exact) mass is 739 g/mol. The Balaban J connectivity index is 1.09. The van der Waals surface area contributed by atoms with Crippen LogP contribution in [0.1, 0.15) is 26.3 Å². The molecule has 1 aliphatic carbocycles. The van der Waals surface area contributed by atoms with E-state index in [2.05, 4.69) is 153 Å². The van der Waals surface area contributed by atoms with E-state index in [1.54, 1.807) is 0 Å². The first kappa shape index (κ1) is 33.0. The van der Waals surface area contributed by atoms with Crippen molar-refractivity contribution in [2.75, 3.05) is 0 Å². The highest BCUT2D eigenvalue weighted by Crippen LogP contribution is 2.49. The molecule has 0 fully saturated rings. The van der Waals surface area contributed by atoms with Crippen LogP contribution in [0.25, 0.3) is 83.9 Å². The molecule has 0 unspecified atom stereocenters. The molecule has 1 aliphatic rings. The summed E-state index contributed by atoms with van der Waals surface area (Å²) in [6.45, 7) is 11.9. The van der Waals surface area contributed by atoms with Crippen molar-refractivity contribution in [3.8, 4) is 62.1 Å². The second-order valence-corrected chi connectivity index (χ2v) is 21.6. The number of rotatable bonds is 6. The Morgan fingerprint density at radius 3 is 1.70 bits per heavy atom. The molecule has 5 heteroatoms. The lowest BCUT2D eigenvalue weighted by Gasteiger charge is -2.24. The van der Waals surface area contributed by atoms with Gasteiger partial charge in [-0.3, -0.25) is 0 Å². The first-order valence-corrected chi connectivity index (χ1v) is 22.9. The van der Waals surface area contributed by atoms with Crippen molar-refractivity contribution in [2.45, 2.75) is 38.9 Å². The summed E-state index contributed by atoms with van der Waals surface area (Å²) in [6, 6.07) is 55.8. The van der Waals surface area contributed by atoms with Gasteiger partial charge in [-0.1, -0.05) is 166 Å². The second-order valence-electron chi connectivity index (χ2n) is 16.5. The summed E-state index contributed by atoms with van der Waals surface area (Å²) in [7, 11) is -1.48. The fraction of sp³-hybridized carbons (Fsp3) is 0.118. The zero-order valence-electron chi connectivity index (χ0n) is 33.3. The van der Waals surface area contributed by atoms with Gasteiger partial charge in [-0.05, 0) is 69.8 Å². The van der Waals surface area contributed by atoms with Crippen LogP contribution in [0.15, 0.2) is 164 Å². The molecule has 270 valence electrons. The van der Waals surface area contributed by atoms with E-state index in [-0.39, 0.29) is 5.41 Å². The van der Waals surface area contributed by atoms with Gasteiger partial charge in [0.05, 0.1) is 20.5 Å². The highest BCUT2D eigenvalue weighted by molar-refractivity contribution is 6.88. The lowest BCUT2D eigenvalue weighted by atomic mass is 9.81. The van der Waals surface area contributed by atoms with E-state index in [9.17, 15) is 0 Å². The third kappa shape index (κ3) is 5.61. The minimum Gasteiger partial charge on any atom is -0.309 e. The third-order valence-electron chi connectivity index (χ3n) is 11.5. The van der Waals surface area contributed by atoms with E-state index in [0.29, 0.717) is 23.5 Å². The molecule has 10 rings (SSSR count). The Morgan fingerprint density at radius 2 is 1.02 bits per heavy atom.